The fourth-order valence-electron chi connectivity index (χ4n) is 2.67. The summed E-state index contributed by atoms with van der Waals surface area (Å²) in [5, 5.41) is 2.74. The van der Waals surface area contributed by atoms with Crippen LogP contribution in [0.3, 0.4) is 0 Å². The molecular weight excluding hydrogens is 257 g/mol. The van der Waals surface area contributed by atoms with Crippen LogP contribution in [0.2, 0.25) is 0 Å². The van der Waals surface area contributed by atoms with E-state index in [-0.39, 0.29) is 11.7 Å². The molecule has 0 aromatic heterocycles. The molecule has 0 spiro atoms. The Morgan fingerprint density at radius 3 is 2.85 bits per heavy atom. The molecule has 2 aliphatic rings. The molecule has 0 unspecified atom stereocenters. The second kappa shape index (κ2) is 3.93. The van der Waals surface area contributed by atoms with Crippen molar-refractivity contribution in [2.24, 2.45) is 0 Å². The summed E-state index contributed by atoms with van der Waals surface area (Å²) in [4.78, 5) is 12.2. The van der Waals surface area contributed by atoms with Crippen molar-refractivity contribution >= 4 is 22.9 Å². The minimum atomic E-state index is -0.371. The summed E-state index contributed by atoms with van der Waals surface area (Å²) in [6, 6.07) is 12.0. The number of hydrogen-bond acceptors (Lipinski definition) is 2. The van der Waals surface area contributed by atoms with Crippen molar-refractivity contribution in [2.45, 2.75) is 6.61 Å². The fourth-order valence-corrected chi connectivity index (χ4v) is 2.67. The van der Waals surface area contributed by atoms with Gasteiger partial charge in [-0.3, -0.25) is 4.79 Å². The van der Waals surface area contributed by atoms with E-state index in [1.54, 1.807) is 6.07 Å². The van der Waals surface area contributed by atoms with Crippen molar-refractivity contribution in [1.29, 1.82) is 0 Å². The highest BCUT2D eigenvalue weighted by atomic mass is 19.1. The van der Waals surface area contributed by atoms with Gasteiger partial charge in [0.05, 0.1) is 5.57 Å². The molecule has 0 atom stereocenters. The molecule has 20 heavy (non-hydrogen) atoms. The molecule has 0 saturated carbocycles. The normalized spacial score (nSPS) is 19.4. The average molecular weight is 267 g/mol. The predicted molar refractivity (Wildman–Crippen MR) is 73.1 cm³/mol. The van der Waals surface area contributed by atoms with Gasteiger partial charge in [0.15, 0.2) is 0 Å². The third kappa shape index (κ3) is 1.48. The molecular formula is C16H10FNO2. The van der Waals surface area contributed by atoms with Gasteiger partial charge in [-0.05, 0) is 18.2 Å². The van der Waals surface area contributed by atoms with E-state index in [0.29, 0.717) is 29.2 Å². The maximum Gasteiger partial charge on any atom is 0.260 e. The van der Waals surface area contributed by atoms with Gasteiger partial charge >= 0.3 is 0 Å². The molecule has 4 heteroatoms. The standard InChI is InChI=1S/C16H10FNO2/c17-10-5-6-13-12(7-10)14(16(19)18-13)15-11-4-2-1-3-9(11)8-20-15/h1-7H,8H2,(H,18,19)/b15-14+. The minimum absolute atomic E-state index is 0.252. The lowest BCUT2D eigenvalue weighted by Crippen LogP contribution is -2.05. The third-order valence-electron chi connectivity index (χ3n) is 3.59. The molecule has 2 aliphatic heterocycles. The highest BCUT2D eigenvalue weighted by molar-refractivity contribution is 6.36. The van der Waals surface area contributed by atoms with Gasteiger partial charge in [0.1, 0.15) is 18.2 Å². The van der Waals surface area contributed by atoms with Crippen LogP contribution in [0.25, 0.3) is 11.3 Å². The molecule has 4 rings (SSSR count). The van der Waals surface area contributed by atoms with Gasteiger partial charge in [-0.2, -0.15) is 0 Å². The Hall–Kier alpha value is -2.62. The number of hydrogen-bond donors (Lipinski definition) is 1. The predicted octanol–water partition coefficient (Wildman–Crippen LogP) is 3.18. The van der Waals surface area contributed by atoms with Gasteiger partial charge in [0, 0.05) is 22.4 Å². The fraction of sp³-hybridized carbons (Fsp3) is 0.0625. The van der Waals surface area contributed by atoms with Gasteiger partial charge in [-0.1, -0.05) is 24.3 Å². The highest BCUT2D eigenvalue weighted by Gasteiger charge is 2.32. The molecule has 1 N–H and O–H groups in total. The van der Waals surface area contributed by atoms with Crippen LogP contribution in [-0.2, 0) is 16.1 Å². The maximum atomic E-state index is 13.4. The van der Waals surface area contributed by atoms with Gasteiger partial charge in [-0.25, -0.2) is 4.39 Å². The molecule has 0 fully saturated rings. The number of nitrogens with one attached hydrogen (secondary N) is 1. The number of anilines is 1. The Labute approximate surface area is 114 Å². The maximum absolute atomic E-state index is 13.4. The Morgan fingerprint density at radius 2 is 1.95 bits per heavy atom. The van der Waals surface area contributed by atoms with Crippen LogP contribution in [-0.4, -0.2) is 5.91 Å². The Balaban J connectivity index is 1.98. The molecule has 0 radical (unpaired) electrons. The van der Waals surface area contributed by atoms with Crippen LogP contribution in [0.15, 0.2) is 42.5 Å². The lowest BCUT2D eigenvalue weighted by molar-refractivity contribution is -0.110. The average Bonchev–Trinajstić information content (AvgIpc) is 2.99. The van der Waals surface area contributed by atoms with Crippen molar-refractivity contribution in [3.05, 3.63) is 65.0 Å². The van der Waals surface area contributed by atoms with Crippen molar-refractivity contribution in [2.75, 3.05) is 5.32 Å². The van der Waals surface area contributed by atoms with Crippen molar-refractivity contribution in [1.82, 2.24) is 0 Å². The van der Waals surface area contributed by atoms with Crippen LogP contribution < -0.4 is 5.32 Å². The van der Waals surface area contributed by atoms with Crippen molar-refractivity contribution < 1.29 is 13.9 Å². The molecule has 3 nitrogen and oxygen atoms in total. The Bertz CT molecular complexity index is 780. The lowest BCUT2D eigenvalue weighted by Gasteiger charge is -2.04. The molecule has 0 saturated heterocycles. The quantitative estimate of drug-likeness (QED) is 0.744. The first-order chi connectivity index (χ1) is 9.74. The summed E-state index contributed by atoms with van der Waals surface area (Å²) in [5.41, 5.74) is 3.51. The molecule has 2 aromatic rings. The van der Waals surface area contributed by atoms with Crippen molar-refractivity contribution in [3.63, 3.8) is 0 Å². The number of benzene rings is 2. The lowest BCUT2D eigenvalue weighted by atomic mass is 10.0. The third-order valence-corrected chi connectivity index (χ3v) is 3.59. The summed E-state index contributed by atoms with van der Waals surface area (Å²) < 4.78 is 19.1. The van der Waals surface area contributed by atoms with Gasteiger partial charge in [-0.15, -0.1) is 0 Å². The SMILES string of the molecule is O=C1Nc2ccc(F)cc2/C1=C1\OCc2ccccc21. The van der Waals surface area contributed by atoms with Crippen LogP contribution in [0.5, 0.6) is 0 Å². The van der Waals surface area contributed by atoms with E-state index in [2.05, 4.69) is 5.32 Å². The van der Waals surface area contributed by atoms with Gasteiger partial charge in [0.2, 0.25) is 0 Å². The Kier molecular flexibility index (Phi) is 2.21. The molecule has 0 aliphatic carbocycles. The van der Waals surface area contributed by atoms with Gasteiger partial charge < -0.3 is 10.1 Å². The molecule has 2 aromatic carbocycles. The number of carbonyl (C=O) groups is 1. The molecule has 2 heterocycles. The van der Waals surface area contributed by atoms with E-state index >= 15 is 0 Å². The van der Waals surface area contributed by atoms with E-state index in [0.717, 1.165) is 11.1 Å². The molecule has 1 amide bonds. The first-order valence-corrected chi connectivity index (χ1v) is 6.30. The highest BCUT2D eigenvalue weighted by Crippen LogP contribution is 2.41. The first kappa shape index (κ1) is 11.2. The number of halogens is 1. The zero-order valence-electron chi connectivity index (χ0n) is 10.4. The number of carbonyl (C=O) groups excluding carboxylic acids is 1. The number of rotatable bonds is 0. The monoisotopic (exact) mass is 267 g/mol. The number of fused-ring (bicyclic) bond motifs is 2. The summed E-state index contributed by atoms with van der Waals surface area (Å²) >= 11 is 0. The largest absolute Gasteiger partial charge is 0.487 e. The first-order valence-electron chi connectivity index (χ1n) is 6.30. The number of ether oxygens (including phenoxy) is 1. The smallest absolute Gasteiger partial charge is 0.260 e. The van der Waals surface area contributed by atoms with Gasteiger partial charge in [0.25, 0.3) is 5.91 Å². The van der Waals surface area contributed by atoms with Crippen LogP contribution in [0.1, 0.15) is 16.7 Å². The summed E-state index contributed by atoms with van der Waals surface area (Å²) in [7, 11) is 0. The molecule has 0 bridgehead atoms. The summed E-state index contributed by atoms with van der Waals surface area (Å²) in [5.74, 6) is -0.0932. The van der Waals surface area contributed by atoms with Crippen molar-refractivity contribution in [3.8, 4) is 0 Å². The second-order valence-electron chi connectivity index (χ2n) is 4.79. The summed E-state index contributed by atoms with van der Waals surface area (Å²) in [6.45, 7) is 0.437. The second-order valence-corrected chi connectivity index (χ2v) is 4.79. The minimum Gasteiger partial charge on any atom is -0.487 e. The van der Waals surface area contributed by atoms with E-state index < -0.39 is 0 Å². The van der Waals surface area contributed by atoms with Crippen LogP contribution in [0, 0.1) is 5.82 Å². The zero-order valence-corrected chi connectivity index (χ0v) is 10.4. The van der Waals surface area contributed by atoms with Crippen LogP contribution >= 0.6 is 0 Å². The van der Waals surface area contributed by atoms with E-state index in [1.807, 2.05) is 24.3 Å². The summed E-state index contributed by atoms with van der Waals surface area (Å²) in [6.07, 6.45) is 0. The van der Waals surface area contributed by atoms with E-state index in [4.69, 9.17) is 4.74 Å². The Morgan fingerprint density at radius 1 is 1.10 bits per heavy atom. The van der Waals surface area contributed by atoms with Crippen LogP contribution in [0.4, 0.5) is 10.1 Å². The topological polar surface area (TPSA) is 38.3 Å². The zero-order chi connectivity index (χ0) is 13.7. The number of amides is 1. The molecule has 98 valence electrons. The van der Waals surface area contributed by atoms with E-state index in [9.17, 15) is 9.18 Å². The van der Waals surface area contributed by atoms with E-state index in [1.165, 1.54) is 12.1 Å².